The van der Waals surface area contributed by atoms with Gasteiger partial charge in [0.2, 0.25) is 5.91 Å². The van der Waals surface area contributed by atoms with E-state index in [1.165, 1.54) is 0 Å². The van der Waals surface area contributed by atoms with Gasteiger partial charge in [0.15, 0.2) is 0 Å². The highest BCUT2D eigenvalue weighted by Crippen LogP contribution is 2.44. The fourth-order valence-electron chi connectivity index (χ4n) is 4.27. The number of carboxylic acids is 1. The van der Waals surface area contributed by atoms with E-state index in [0.29, 0.717) is 6.42 Å². The van der Waals surface area contributed by atoms with Gasteiger partial charge >= 0.3 is 12.1 Å². The molecule has 0 saturated heterocycles. The van der Waals surface area contributed by atoms with Gasteiger partial charge in [-0.05, 0) is 41.5 Å². The van der Waals surface area contributed by atoms with Gasteiger partial charge in [-0.25, -0.2) is 4.79 Å². The van der Waals surface area contributed by atoms with Crippen molar-refractivity contribution in [1.29, 1.82) is 0 Å². The van der Waals surface area contributed by atoms with Gasteiger partial charge in [-0.2, -0.15) is 0 Å². The average Bonchev–Trinajstić information content (AvgIpc) is 3.14. The van der Waals surface area contributed by atoms with Gasteiger partial charge in [0.25, 0.3) is 0 Å². The molecule has 0 heterocycles. The van der Waals surface area contributed by atoms with Crippen molar-refractivity contribution >= 4 is 18.0 Å². The molecule has 0 fully saturated rings. The van der Waals surface area contributed by atoms with Crippen LogP contribution in [0, 0.1) is 11.3 Å². The van der Waals surface area contributed by atoms with Crippen molar-refractivity contribution in [2.75, 3.05) is 13.2 Å². The lowest BCUT2D eigenvalue weighted by Crippen LogP contribution is -2.51. The van der Waals surface area contributed by atoms with E-state index in [-0.39, 0.29) is 37.3 Å². The Balaban J connectivity index is 1.59. The summed E-state index contributed by atoms with van der Waals surface area (Å²) in [5.41, 5.74) is 3.68. The topological polar surface area (TPSA) is 105 Å². The normalized spacial score (nSPS) is 15.1. The number of ether oxygens (including phenoxy) is 1. The Kier molecular flexibility index (Phi) is 7.97. The summed E-state index contributed by atoms with van der Waals surface area (Å²) < 4.78 is 5.57. The van der Waals surface area contributed by atoms with Gasteiger partial charge in [0, 0.05) is 18.5 Å². The zero-order valence-electron chi connectivity index (χ0n) is 20.3. The van der Waals surface area contributed by atoms with E-state index < -0.39 is 23.5 Å². The highest BCUT2D eigenvalue weighted by Gasteiger charge is 2.35. The number of carbonyl (C=O) groups is 3. The van der Waals surface area contributed by atoms with E-state index >= 15 is 0 Å². The molecule has 34 heavy (non-hydrogen) atoms. The molecule has 1 aliphatic rings. The molecule has 2 aromatic rings. The van der Waals surface area contributed by atoms with Crippen LogP contribution in [0.2, 0.25) is 0 Å². The zero-order valence-corrected chi connectivity index (χ0v) is 20.3. The molecular weight excluding hydrogens is 432 g/mol. The summed E-state index contributed by atoms with van der Waals surface area (Å²) in [6.45, 7) is 7.63. The predicted octanol–water partition coefficient (Wildman–Crippen LogP) is 4.56. The maximum absolute atomic E-state index is 13.0. The number of fused-ring (bicyclic) bond motifs is 3. The van der Waals surface area contributed by atoms with E-state index in [4.69, 9.17) is 9.84 Å². The van der Waals surface area contributed by atoms with Crippen LogP contribution >= 0.6 is 0 Å². The van der Waals surface area contributed by atoms with Gasteiger partial charge in [-0.1, -0.05) is 69.3 Å². The zero-order chi connectivity index (χ0) is 24.9. The quantitative estimate of drug-likeness (QED) is 0.476. The lowest BCUT2D eigenvalue weighted by Gasteiger charge is -2.31. The van der Waals surface area contributed by atoms with Gasteiger partial charge in [-0.3, -0.25) is 9.59 Å². The van der Waals surface area contributed by atoms with Crippen LogP contribution in [0.25, 0.3) is 11.1 Å². The van der Waals surface area contributed by atoms with Crippen LogP contribution in [-0.4, -0.2) is 42.3 Å². The number of carboxylic acid groups (broad SMARTS) is 1. The fraction of sp³-hybridized carbons (Fsp3) is 0.444. The summed E-state index contributed by atoms with van der Waals surface area (Å²) in [6.07, 6.45) is -0.260. The van der Waals surface area contributed by atoms with Crippen molar-refractivity contribution in [2.45, 2.75) is 52.5 Å². The van der Waals surface area contributed by atoms with E-state index in [1.54, 1.807) is 6.92 Å². The van der Waals surface area contributed by atoms with Crippen molar-refractivity contribution in [3.8, 4) is 11.1 Å². The van der Waals surface area contributed by atoms with E-state index in [9.17, 15) is 14.4 Å². The summed E-state index contributed by atoms with van der Waals surface area (Å²) in [5.74, 6) is -1.32. The lowest BCUT2D eigenvalue weighted by atomic mass is 9.85. The Morgan fingerprint density at radius 1 is 1.03 bits per heavy atom. The third kappa shape index (κ3) is 5.58. The second-order valence-electron chi connectivity index (χ2n) is 9.52. The van der Waals surface area contributed by atoms with Gasteiger partial charge < -0.3 is 20.5 Å². The summed E-state index contributed by atoms with van der Waals surface area (Å²) in [7, 11) is 0. The number of hydrogen-bond donors (Lipinski definition) is 3. The summed E-state index contributed by atoms with van der Waals surface area (Å²) in [5, 5.41) is 14.7. The molecule has 182 valence electrons. The molecule has 2 amide bonds. The Morgan fingerprint density at radius 3 is 2.09 bits per heavy atom. The van der Waals surface area contributed by atoms with Crippen LogP contribution in [0.1, 0.15) is 57.6 Å². The highest BCUT2D eigenvalue weighted by atomic mass is 16.5. The minimum absolute atomic E-state index is 0.0313. The molecule has 0 bridgehead atoms. The molecule has 0 spiro atoms. The van der Waals surface area contributed by atoms with Crippen LogP contribution < -0.4 is 10.6 Å². The van der Waals surface area contributed by atoms with Crippen LogP contribution in [-0.2, 0) is 14.3 Å². The first-order chi connectivity index (χ1) is 16.2. The number of alkyl carbamates (subject to hydrolysis) is 1. The minimum Gasteiger partial charge on any atom is -0.481 e. The standard InChI is InChI=1S/C27H34N2O5/c1-5-27(4,25(32)29-23(17(2)3)14-24(30)31)16-28-26(33)34-15-22-20-12-8-6-10-18(20)19-11-7-9-13-21(19)22/h6-13,17,22-23H,5,14-16H2,1-4H3,(H,28,33)(H,29,32)(H,30,31)/t23-,27?/m0/s1. The molecule has 2 aromatic carbocycles. The molecule has 0 aromatic heterocycles. The third-order valence-electron chi connectivity index (χ3n) is 6.81. The van der Waals surface area contributed by atoms with Crippen molar-refractivity contribution in [3.63, 3.8) is 0 Å². The number of carbonyl (C=O) groups excluding carboxylic acids is 2. The summed E-state index contributed by atoms with van der Waals surface area (Å²) in [6, 6.07) is 15.8. The molecule has 0 saturated carbocycles. The first kappa shape index (κ1) is 25.3. The fourth-order valence-corrected chi connectivity index (χ4v) is 4.27. The van der Waals surface area contributed by atoms with Gasteiger partial charge in [0.1, 0.15) is 6.61 Å². The Labute approximate surface area is 200 Å². The number of rotatable bonds is 10. The van der Waals surface area contributed by atoms with Crippen LogP contribution in [0.5, 0.6) is 0 Å². The Bertz CT molecular complexity index is 1010. The minimum atomic E-state index is -0.964. The van der Waals surface area contributed by atoms with Crippen molar-refractivity contribution in [3.05, 3.63) is 59.7 Å². The lowest BCUT2D eigenvalue weighted by molar-refractivity contribution is -0.138. The number of aliphatic carboxylic acids is 1. The SMILES string of the molecule is CCC(C)(CNC(=O)OCC1c2ccccc2-c2ccccc21)C(=O)N[C@@H](CC(=O)O)C(C)C. The number of hydrogen-bond acceptors (Lipinski definition) is 4. The van der Waals surface area contributed by atoms with Crippen LogP contribution in [0.3, 0.4) is 0 Å². The molecule has 2 atom stereocenters. The number of benzene rings is 2. The largest absolute Gasteiger partial charge is 0.481 e. The van der Waals surface area contributed by atoms with E-state index in [0.717, 1.165) is 22.3 Å². The second-order valence-corrected chi connectivity index (χ2v) is 9.52. The smallest absolute Gasteiger partial charge is 0.407 e. The maximum atomic E-state index is 13.0. The van der Waals surface area contributed by atoms with Gasteiger partial charge in [-0.15, -0.1) is 0 Å². The molecule has 1 aliphatic carbocycles. The van der Waals surface area contributed by atoms with E-state index in [1.807, 2.05) is 45.0 Å². The van der Waals surface area contributed by atoms with Gasteiger partial charge in [0.05, 0.1) is 11.8 Å². The summed E-state index contributed by atoms with van der Waals surface area (Å²) >= 11 is 0. The number of amides is 2. The highest BCUT2D eigenvalue weighted by molar-refractivity contribution is 5.84. The molecule has 7 heteroatoms. The molecule has 3 rings (SSSR count). The molecule has 0 radical (unpaired) electrons. The Morgan fingerprint density at radius 2 is 1.59 bits per heavy atom. The molecule has 1 unspecified atom stereocenters. The van der Waals surface area contributed by atoms with Crippen LogP contribution in [0.15, 0.2) is 48.5 Å². The third-order valence-corrected chi connectivity index (χ3v) is 6.81. The van der Waals surface area contributed by atoms with Crippen molar-refractivity contribution < 1.29 is 24.2 Å². The first-order valence-corrected chi connectivity index (χ1v) is 11.8. The van der Waals surface area contributed by atoms with Crippen molar-refractivity contribution in [1.82, 2.24) is 10.6 Å². The van der Waals surface area contributed by atoms with E-state index in [2.05, 4.69) is 34.9 Å². The molecule has 3 N–H and O–H groups in total. The summed E-state index contributed by atoms with van der Waals surface area (Å²) in [4.78, 5) is 36.6. The number of nitrogens with one attached hydrogen (secondary N) is 2. The van der Waals surface area contributed by atoms with Crippen molar-refractivity contribution in [2.24, 2.45) is 11.3 Å². The first-order valence-electron chi connectivity index (χ1n) is 11.8. The maximum Gasteiger partial charge on any atom is 0.407 e. The monoisotopic (exact) mass is 466 g/mol. The molecule has 0 aliphatic heterocycles. The molecule has 7 nitrogen and oxygen atoms in total. The van der Waals surface area contributed by atoms with Crippen LogP contribution in [0.4, 0.5) is 4.79 Å². The average molecular weight is 467 g/mol. The predicted molar refractivity (Wildman–Crippen MR) is 130 cm³/mol. The Hall–Kier alpha value is -3.35. The second kappa shape index (κ2) is 10.7. The molecular formula is C27H34N2O5.